The van der Waals surface area contributed by atoms with Crippen LogP contribution in [0.2, 0.25) is 0 Å². The topological polar surface area (TPSA) is 52.0 Å². The van der Waals surface area contributed by atoms with E-state index in [0.717, 1.165) is 26.7 Å². The lowest BCUT2D eigenvalue weighted by molar-refractivity contribution is 0.865. The van der Waals surface area contributed by atoms with Crippen LogP contribution in [-0.2, 0) is 0 Å². The van der Waals surface area contributed by atoms with Crippen molar-refractivity contribution in [2.24, 2.45) is 0 Å². The highest BCUT2D eigenvalue weighted by Crippen LogP contribution is 2.40. The van der Waals surface area contributed by atoms with Crippen molar-refractivity contribution < 1.29 is 0 Å². The van der Waals surface area contributed by atoms with Crippen LogP contribution in [-0.4, -0.2) is 12.5 Å². The zero-order valence-electron chi connectivity index (χ0n) is 9.63. The van der Waals surface area contributed by atoms with Gasteiger partial charge in [-0.2, -0.15) is 0 Å². The molecule has 0 bridgehead atoms. The third kappa shape index (κ3) is 2.37. The Labute approximate surface area is 100 Å². The summed E-state index contributed by atoms with van der Waals surface area (Å²) in [5.74, 6) is 0.364. The minimum absolute atomic E-state index is 0.364. The second kappa shape index (κ2) is 5.03. The zero-order valence-corrected chi connectivity index (χ0v) is 11.3. The summed E-state index contributed by atoms with van der Waals surface area (Å²) in [7, 11) is 0. The molecule has 4 N–H and O–H groups in total. The number of benzene rings is 1. The summed E-state index contributed by atoms with van der Waals surface area (Å²) in [5, 5.41) is 0. The standard InChI is InChI=1S/C11H18N2S2/c1-6(2)9-10(12)7(14-3)5-8(15-4)11(9)13/h5-6H,12-13H2,1-4H3. The van der Waals surface area contributed by atoms with Gasteiger partial charge in [0.2, 0.25) is 0 Å². The number of rotatable bonds is 3. The maximum atomic E-state index is 6.11. The molecule has 0 atom stereocenters. The molecule has 0 fully saturated rings. The van der Waals surface area contributed by atoms with Crippen LogP contribution < -0.4 is 11.5 Å². The van der Waals surface area contributed by atoms with Gasteiger partial charge in [-0.3, -0.25) is 0 Å². The van der Waals surface area contributed by atoms with E-state index in [4.69, 9.17) is 11.5 Å². The van der Waals surface area contributed by atoms with Crippen molar-refractivity contribution in [3.63, 3.8) is 0 Å². The van der Waals surface area contributed by atoms with Crippen molar-refractivity contribution in [3.05, 3.63) is 11.6 Å². The molecule has 0 aliphatic heterocycles. The molecule has 0 unspecified atom stereocenters. The Bertz CT molecular complexity index is 334. The SMILES string of the molecule is CSc1cc(SC)c(N)c(C(C)C)c1N. The molecule has 0 aromatic heterocycles. The quantitative estimate of drug-likeness (QED) is 0.630. The minimum atomic E-state index is 0.364. The highest BCUT2D eigenvalue weighted by Gasteiger charge is 2.15. The fraction of sp³-hybridized carbons (Fsp3) is 0.455. The number of hydrogen-bond acceptors (Lipinski definition) is 4. The van der Waals surface area contributed by atoms with Gasteiger partial charge in [0.25, 0.3) is 0 Å². The minimum Gasteiger partial charge on any atom is -0.398 e. The molecule has 1 aromatic rings. The fourth-order valence-corrected chi connectivity index (χ4v) is 2.85. The Morgan fingerprint density at radius 3 is 1.67 bits per heavy atom. The largest absolute Gasteiger partial charge is 0.398 e. The summed E-state index contributed by atoms with van der Waals surface area (Å²) < 4.78 is 0. The molecule has 0 radical (unpaired) electrons. The van der Waals surface area contributed by atoms with Crippen LogP contribution in [0.25, 0.3) is 0 Å². The molecule has 2 nitrogen and oxygen atoms in total. The Kier molecular flexibility index (Phi) is 4.22. The highest BCUT2D eigenvalue weighted by atomic mass is 32.2. The molecule has 0 heterocycles. The zero-order chi connectivity index (χ0) is 11.6. The number of nitrogen functional groups attached to an aromatic ring is 2. The smallest absolute Gasteiger partial charge is 0.0508 e. The van der Waals surface area contributed by atoms with Crippen molar-refractivity contribution >= 4 is 34.9 Å². The van der Waals surface area contributed by atoms with Gasteiger partial charge in [0.15, 0.2) is 0 Å². The average molecular weight is 242 g/mol. The lowest BCUT2D eigenvalue weighted by atomic mass is 9.99. The molecule has 1 rings (SSSR count). The summed E-state index contributed by atoms with van der Waals surface area (Å²) >= 11 is 3.34. The number of nitrogens with two attached hydrogens (primary N) is 2. The van der Waals surface area contributed by atoms with E-state index in [1.165, 1.54) is 0 Å². The lowest BCUT2D eigenvalue weighted by Crippen LogP contribution is -2.05. The van der Waals surface area contributed by atoms with Crippen LogP contribution in [0.4, 0.5) is 11.4 Å². The molecule has 0 aliphatic rings. The molecule has 0 spiro atoms. The van der Waals surface area contributed by atoms with Crippen LogP contribution in [0.1, 0.15) is 25.3 Å². The first-order valence-corrected chi connectivity index (χ1v) is 7.27. The van der Waals surface area contributed by atoms with Crippen molar-refractivity contribution in [1.82, 2.24) is 0 Å². The summed E-state index contributed by atoms with van der Waals surface area (Å²) in [6.45, 7) is 4.24. The van der Waals surface area contributed by atoms with Crippen molar-refractivity contribution in [1.29, 1.82) is 0 Å². The first-order chi connectivity index (χ1) is 7.02. The van der Waals surface area contributed by atoms with Gasteiger partial charge in [-0.05, 0) is 24.5 Å². The highest BCUT2D eigenvalue weighted by molar-refractivity contribution is 7.99. The molecule has 84 valence electrons. The maximum absolute atomic E-state index is 6.11. The normalized spacial score (nSPS) is 11.0. The first kappa shape index (κ1) is 12.6. The second-order valence-corrected chi connectivity index (χ2v) is 5.37. The van der Waals surface area contributed by atoms with Crippen molar-refractivity contribution in [2.75, 3.05) is 24.0 Å². The molecule has 15 heavy (non-hydrogen) atoms. The molecule has 0 saturated heterocycles. The van der Waals surface area contributed by atoms with E-state index < -0.39 is 0 Å². The number of thioether (sulfide) groups is 2. The second-order valence-electron chi connectivity index (χ2n) is 3.68. The monoisotopic (exact) mass is 242 g/mol. The van der Waals surface area contributed by atoms with E-state index in [0.29, 0.717) is 5.92 Å². The van der Waals surface area contributed by atoms with E-state index in [1.807, 2.05) is 12.5 Å². The Morgan fingerprint density at radius 2 is 1.40 bits per heavy atom. The van der Waals surface area contributed by atoms with Crippen LogP contribution in [0.5, 0.6) is 0 Å². The van der Waals surface area contributed by atoms with E-state index in [-0.39, 0.29) is 0 Å². The Morgan fingerprint density at radius 1 is 1.00 bits per heavy atom. The van der Waals surface area contributed by atoms with Crippen LogP contribution in [0, 0.1) is 0 Å². The third-order valence-corrected chi connectivity index (χ3v) is 3.95. The lowest BCUT2D eigenvalue weighted by Gasteiger charge is -2.18. The number of anilines is 2. The summed E-state index contributed by atoms with van der Waals surface area (Å²) in [4.78, 5) is 2.24. The molecule has 1 aromatic carbocycles. The van der Waals surface area contributed by atoms with Gasteiger partial charge in [-0.15, -0.1) is 23.5 Å². The van der Waals surface area contributed by atoms with Gasteiger partial charge < -0.3 is 11.5 Å². The molecule has 0 aliphatic carbocycles. The molecule has 4 heteroatoms. The summed E-state index contributed by atoms with van der Waals surface area (Å²) in [6, 6.07) is 2.08. The van der Waals surface area contributed by atoms with Crippen molar-refractivity contribution in [3.8, 4) is 0 Å². The van der Waals surface area contributed by atoms with E-state index in [9.17, 15) is 0 Å². The Balaban J connectivity index is 3.46. The average Bonchev–Trinajstić information content (AvgIpc) is 2.18. The first-order valence-electron chi connectivity index (χ1n) is 4.82. The van der Waals surface area contributed by atoms with Crippen molar-refractivity contribution in [2.45, 2.75) is 29.6 Å². The van der Waals surface area contributed by atoms with Gasteiger partial charge in [-0.1, -0.05) is 13.8 Å². The number of hydrogen-bond donors (Lipinski definition) is 2. The third-order valence-electron chi connectivity index (χ3n) is 2.39. The van der Waals surface area contributed by atoms with Gasteiger partial charge >= 0.3 is 0 Å². The predicted molar refractivity (Wildman–Crippen MR) is 72.9 cm³/mol. The fourth-order valence-electron chi connectivity index (χ4n) is 1.64. The van der Waals surface area contributed by atoms with Crippen LogP contribution >= 0.6 is 23.5 Å². The van der Waals surface area contributed by atoms with Gasteiger partial charge in [0, 0.05) is 15.4 Å². The van der Waals surface area contributed by atoms with E-state index in [2.05, 4.69) is 19.9 Å². The molecule has 0 amide bonds. The maximum Gasteiger partial charge on any atom is 0.0508 e. The van der Waals surface area contributed by atoms with E-state index in [1.54, 1.807) is 23.5 Å². The Hall–Kier alpha value is -0.480. The molecular weight excluding hydrogens is 224 g/mol. The molecule has 0 saturated carbocycles. The molecular formula is C11H18N2S2. The van der Waals surface area contributed by atoms with Gasteiger partial charge in [0.1, 0.15) is 0 Å². The van der Waals surface area contributed by atoms with Gasteiger partial charge in [-0.25, -0.2) is 0 Å². The van der Waals surface area contributed by atoms with Gasteiger partial charge in [0.05, 0.1) is 11.4 Å². The summed E-state index contributed by atoms with van der Waals surface area (Å²) in [6.07, 6.45) is 4.08. The van der Waals surface area contributed by atoms with Crippen LogP contribution in [0.15, 0.2) is 15.9 Å². The van der Waals surface area contributed by atoms with E-state index >= 15 is 0 Å². The van der Waals surface area contributed by atoms with Crippen LogP contribution in [0.3, 0.4) is 0 Å². The summed E-state index contributed by atoms with van der Waals surface area (Å²) in [5.41, 5.74) is 15.0. The predicted octanol–water partition coefficient (Wildman–Crippen LogP) is 3.42.